The summed E-state index contributed by atoms with van der Waals surface area (Å²) in [5.74, 6) is 0.872. The van der Waals surface area contributed by atoms with E-state index in [4.69, 9.17) is 4.74 Å². The van der Waals surface area contributed by atoms with E-state index in [1.54, 1.807) is 7.11 Å². The molecule has 0 atom stereocenters. The zero-order chi connectivity index (χ0) is 10.4. The van der Waals surface area contributed by atoms with Gasteiger partial charge in [0, 0.05) is 5.71 Å². The van der Waals surface area contributed by atoms with Gasteiger partial charge in [0.05, 0.1) is 12.8 Å². The second kappa shape index (κ2) is 5.43. The van der Waals surface area contributed by atoms with Gasteiger partial charge >= 0.3 is 0 Å². The van der Waals surface area contributed by atoms with Crippen LogP contribution in [0.25, 0.3) is 0 Å². The lowest BCUT2D eigenvalue weighted by Crippen LogP contribution is -1.88. The summed E-state index contributed by atoms with van der Waals surface area (Å²) in [5, 5.41) is 0. The van der Waals surface area contributed by atoms with E-state index < -0.39 is 0 Å². The first kappa shape index (κ1) is 10.8. The van der Waals surface area contributed by atoms with Gasteiger partial charge in [-0.05, 0) is 37.6 Å². The van der Waals surface area contributed by atoms with E-state index in [2.05, 4.69) is 18.8 Å². The summed E-state index contributed by atoms with van der Waals surface area (Å²) in [4.78, 5) is 4.49. The molecule has 0 aliphatic heterocycles. The molecule has 0 radical (unpaired) electrons. The highest BCUT2D eigenvalue weighted by Crippen LogP contribution is 2.18. The molecular weight excluding hydrogens is 174 g/mol. The first-order valence-electron chi connectivity index (χ1n) is 4.94. The molecule has 0 fully saturated rings. The molecule has 0 saturated heterocycles. The SMILES string of the molecule is CCCC(C)=Nc1ccc(OC)cc1. The Morgan fingerprint density at radius 3 is 2.43 bits per heavy atom. The zero-order valence-corrected chi connectivity index (χ0v) is 9.08. The van der Waals surface area contributed by atoms with E-state index in [9.17, 15) is 0 Å². The van der Waals surface area contributed by atoms with Crippen LogP contribution in [0.15, 0.2) is 29.3 Å². The van der Waals surface area contributed by atoms with Gasteiger partial charge in [-0.15, -0.1) is 0 Å². The van der Waals surface area contributed by atoms with Crippen molar-refractivity contribution in [3.63, 3.8) is 0 Å². The average Bonchev–Trinajstić information content (AvgIpc) is 2.19. The summed E-state index contributed by atoms with van der Waals surface area (Å²) >= 11 is 0. The summed E-state index contributed by atoms with van der Waals surface area (Å²) in [6, 6.07) is 7.80. The summed E-state index contributed by atoms with van der Waals surface area (Å²) in [6.07, 6.45) is 2.21. The van der Waals surface area contributed by atoms with Crippen LogP contribution < -0.4 is 4.74 Å². The van der Waals surface area contributed by atoms with E-state index in [-0.39, 0.29) is 0 Å². The highest BCUT2D eigenvalue weighted by Gasteiger charge is 1.93. The third-order valence-electron chi connectivity index (χ3n) is 2.00. The third-order valence-corrected chi connectivity index (χ3v) is 2.00. The van der Waals surface area contributed by atoms with Crippen LogP contribution in [0.4, 0.5) is 5.69 Å². The Labute approximate surface area is 85.6 Å². The van der Waals surface area contributed by atoms with Gasteiger partial charge in [-0.25, -0.2) is 0 Å². The van der Waals surface area contributed by atoms with Gasteiger partial charge in [-0.2, -0.15) is 0 Å². The monoisotopic (exact) mass is 191 g/mol. The van der Waals surface area contributed by atoms with Crippen molar-refractivity contribution >= 4 is 11.4 Å². The molecule has 14 heavy (non-hydrogen) atoms. The van der Waals surface area contributed by atoms with Crippen molar-refractivity contribution in [2.24, 2.45) is 4.99 Å². The minimum absolute atomic E-state index is 0.872. The van der Waals surface area contributed by atoms with Gasteiger partial charge in [-0.1, -0.05) is 13.3 Å². The Kier molecular flexibility index (Phi) is 4.17. The molecule has 0 bridgehead atoms. The number of hydrogen-bond donors (Lipinski definition) is 0. The van der Waals surface area contributed by atoms with E-state index in [1.165, 1.54) is 5.71 Å². The van der Waals surface area contributed by atoms with Crippen molar-refractivity contribution in [2.75, 3.05) is 7.11 Å². The van der Waals surface area contributed by atoms with Crippen LogP contribution >= 0.6 is 0 Å². The molecule has 1 aromatic carbocycles. The quantitative estimate of drug-likeness (QED) is 0.666. The van der Waals surface area contributed by atoms with Crippen LogP contribution in [0.1, 0.15) is 26.7 Å². The molecule has 0 N–H and O–H groups in total. The summed E-state index contributed by atoms with van der Waals surface area (Å²) in [7, 11) is 1.67. The molecule has 0 aliphatic carbocycles. The molecule has 2 nitrogen and oxygen atoms in total. The number of nitrogens with zero attached hydrogens (tertiary/aromatic N) is 1. The molecular formula is C12H17NO. The largest absolute Gasteiger partial charge is 0.497 e. The van der Waals surface area contributed by atoms with Gasteiger partial charge in [0.15, 0.2) is 0 Å². The minimum atomic E-state index is 0.872. The Bertz CT molecular complexity index is 301. The minimum Gasteiger partial charge on any atom is -0.497 e. The number of rotatable bonds is 4. The first-order chi connectivity index (χ1) is 6.76. The molecule has 0 aromatic heterocycles. The van der Waals surface area contributed by atoms with Crippen LogP contribution in [0.3, 0.4) is 0 Å². The second-order valence-electron chi connectivity index (χ2n) is 3.30. The summed E-state index contributed by atoms with van der Waals surface area (Å²) in [5.41, 5.74) is 2.18. The Balaban J connectivity index is 2.72. The maximum absolute atomic E-state index is 5.07. The standard InChI is InChI=1S/C12H17NO/c1-4-5-10(2)13-11-6-8-12(14-3)9-7-11/h6-9H,4-5H2,1-3H3. The van der Waals surface area contributed by atoms with Gasteiger partial charge in [0.2, 0.25) is 0 Å². The van der Waals surface area contributed by atoms with Gasteiger partial charge in [0.25, 0.3) is 0 Å². The second-order valence-corrected chi connectivity index (χ2v) is 3.30. The van der Waals surface area contributed by atoms with Crippen LogP contribution in [0.2, 0.25) is 0 Å². The number of methoxy groups -OCH3 is 1. The molecule has 0 saturated carbocycles. The van der Waals surface area contributed by atoms with E-state index in [0.717, 1.165) is 24.3 Å². The number of ether oxygens (including phenoxy) is 1. The topological polar surface area (TPSA) is 21.6 Å². The van der Waals surface area contributed by atoms with E-state index in [0.29, 0.717) is 0 Å². The fraction of sp³-hybridized carbons (Fsp3) is 0.417. The van der Waals surface area contributed by atoms with Crippen LogP contribution in [0, 0.1) is 0 Å². The van der Waals surface area contributed by atoms with E-state index in [1.807, 2.05) is 24.3 Å². The summed E-state index contributed by atoms with van der Waals surface area (Å²) < 4.78 is 5.07. The predicted molar refractivity (Wildman–Crippen MR) is 60.7 cm³/mol. The van der Waals surface area contributed by atoms with Crippen molar-refractivity contribution in [3.05, 3.63) is 24.3 Å². The lowest BCUT2D eigenvalue weighted by atomic mass is 10.2. The fourth-order valence-electron chi connectivity index (χ4n) is 1.29. The summed E-state index contributed by atoms with van der Waals surface area (Å²) in [6.45, 7) is 4.22. The van der Waals surface area contributed by atoms with Crippen LogP contribution in [-0.2, 0) is 0 Å². The highest BCUT2D eigenvalue weighted by molar-refractivity contribution is 5.84. The lowest BCUT2D eigenvalue weighted by molar-refractivity contribution is 0.415. The van der Waals surface area contributed by atoms with Gasteiger partial charge < -0.3 is 4.74 Å². The molecule has 1 rings (SSSR count). The molecule has 0 aliphatic rings. The Morgan fingerprint density at radius 1 is 1.29 bits per heavy atom. The molecule has 0 spiro atoms. The van der Waals surface area contributed by atoms with Gasteiger partial charge in [-0.3, -0.25) is 4.99 Å². The molecule has 1 aromatic rings. The van der Waals surface area contributed by atoms with Crippen molar-refractivity contribution in [2.45, 2.75) is 26.7 Å². The maximum atomic E-state index is 5.07. The number of aliphatic imine (C=N–C) groups is 1. The van der Waals surface area contributed by atoms with Crippen molar-refractivity contribution in [1.82, 2.24) is 0 Å². The maximum Gasteiger partial charge on any atom is 0.119 e. The highest BCUT2D eigenvalue weighted by atomic mass is 16.5. The van der Waals surface area contributed by atoms with Crippen molar-refractivity contribution in [3.8, 4) is 5.75 Å². The smallest absolute Gasteiger partial charge is 0.119 e. The average molecular weight is 191 g/mol. The van der Waals surface area contributed by atoms with Crippen molar-refractivity contribution < 1.29 is 4.74 Å². The first-order valence-corrected chi connectivity index (χ1v) is 4.94. The molecule has 0 amide bonds. The van der Waals surface area contributed by atoms with E-state index >= 15 is 0 Å². The molecule has 76 valence electrons. The normalized spacial score (nSPS) is 11.5. The Morgan fingerprint density at radius 2 is 1.93 bits per heavy atom. The number of hydrogen-bond acceptors (Lipinski definition) is 2. The van der Waals surface area contributed by atoms with Crippen LogP contribution in [0.5, 0.6) is 5.75 Å². The predicted octanol–water partition coefficient (Wildman–Crippen LogP) is 3.59. The zero-order valence-electron chi connectivity index (χ0n) is 9.08. The van der Waals surface area contributed by atoms with Crippen LogP contribution in [-0.4, -0.2) is 12.8 Å². The third kappa shape index (κ3) is 3.21. The lowest BCUT2D eigenvalue weighted by Gasteiger charge is -2.00. The molecule has 2 heteroatoms. The Hall–Kier alpha value is -1.31. The molecule has 0 unspecified atom stereocenters. The number of benzene rings is 1. The fourth-order valence-corrected chi connectivity index (χ4v) is 1.29. The van der Waals surface area contributed by atoms with Gasteiger partial charge in [0.1, 0.15) is 5.75 Å². The van der Waals surface area contributed by atoms with Crippen molar-refractivity contribution in [1.29, 1.82) is 0 Å². The molecule has 0 heterocycles.